The highest BCUT2D eigenvalue weighted by Crippen LogP contribution is 2.60. The maximum atomic E-state index is 16.5. The van der Waals surface area contributed by atoms with Crippen molar-refractivity contribution >= 4 is 43.0 Å². The van der Waals surface area contributed by atoms with Gasteiger partial charge in [0, 0.05) is 67.2 Å². The fourth-order valence-corrected chi connectivity index (χ4v) is 11.8. The van der Waals surface area contributed by atoms with Crippen LogP contribution in [0.4, 0.5) is 26.9 Å². The van der Waals surface area contributed by atoms with Crippen LogP contribution in [-0.2, 0) is 45.9 Å². The minimum Gasteiger partial charge on any atom is -0.494 e. The number of aromatic nitrogens is 3. The molecule has 15 nitrogen and oxygen atoms in total. The van der Waals surface area contributed by atoms with Gasteiger partial charge in [-0.05, 0) is 99.8 Å². The number of non-ortho nitro benzene ring substituents is 1. The molecule has 1 spiro atoms. The van der Waals surface area contributed by atoms with Gasteiger partial charge in [0.1, 0.15) is 5.75 Å². The van der Waals surface area contributed by atoms with E-state index in [1.807, 2.05) is 56.3 Å². The van der Waals surface area contributed by atoms with Crippen molar-refractivity contribution in [3.05, 3.63) is 99.4 Å². The Hall–Kier alpha value is -5.07. The zero-order valence-electron chi connectivity index (χ0n) is 33.8. The zero-order valence-corrected chi connectivity index (χ0v) is 34.8. The van der Waals surface area contributed by atoms with E-state index in [1.165, 1.54) is 12.1 Å². The second-order valence-electron chi connectivity index (χ2n) is 16.1. The number of aliphatic hydroxyl groups excluding tert-OH is 2. The molecule has 4 aromatic rings. The highest BCUT2D eigenvalue weighted by atomic mass is 28.4. The lowest BCUT2D eigenvalue weighted by Crippen LogP contribution is -2.49. The molecule has 3 aromatic carbocycles. The Morgan fingerprint density at radius 3 is 2.61 bits per heavy atom. The molecule has 1 fully saturated rings. The van der Waals surface area contributed by atoms with E-state index in [9.17, 15) is 25.1 Å². The van der Waals surface area contributed by atoms with Gasteiger partial charge in [-0.1, -0.05) is 24.3 Å². The molecule has 3 aliphatic heterocycles. The fraction of sp³-hybridized carbons (Fsp3) is 0.476. The van der Waals surface area contributed by atoms with Crippen LogP contribution in [0.25, 0.3) is 0 Å². The first kappa shape index (κ1) is 42.1. The monoisotopic (exact) mass is 829 g/mol. The summed E-state index contributed by atoms with van der Waals surface area (Å²) in [7, 11) is -3.53. The Morgan fingerprint density at radius 2 is 1.88 bits per heavy atom. The maximum Gasteiger partial charge on any atom is 0.269 e. The van der Waals surface area contributed by atoms with Crippen LogP contribution in [-0.4, -0.2) is 88.9 Å². The van der Waals surface area contributed by atoms with Crippen LogP contribution < -0.4 is 19.9 Å². The normalized spacial score (nSPS) is 22.6. The fourth-order valence-electron chi connectivity index (χ4n) is 9.21. The minimum atomic E-state index is -3.53. The molecule has 1 unspecified atom stereocenters. The summed E-state index contributed by atoms with van der Waals surface area (Å²) >= 11 is 0. The molecule has 0 radical (unpaired) electrons. The third kappa shape index (κ3) is 8.13. The van der Waals surface area contributed by atoms with Gasteiger partial charge in [0.05, 0.1) is 47.3 Å². The molecular weight excluding hydrogens is 778 g/mol. The highest BCUT2D eigenvalue weighted by molar-refractivity contribution is 6.72. The maximum absolute atomic E-state index is 16.5. The molecule has 1 saturated heterocycles. The number of aliphatic hydroxyl groups is 2. The molecule has 7 rings (SSSR count). The number of nitrogens with one attached hydrogen (secondary N) is 1. The Morgan fingerprint density at radius 1 is 1.08 bits per heavy atom. The van der Waals surface area contributed by atoms with Gasteiger partial charge in [-0.25, -0.2) is 0 Å². The predicted octanol–water partition coefficient (Wildman–Crippen LogP) is 5.48. The van der Waals surface area contributed by atoms with Gasteiger partial charge in [-0.15, -0.1) is 5.10 Å². The van der Waals surface area contributed by atoms with Gasteiger partial charge >= 0.3 is 0 Å². The van der Waals surface area contributed by atoms with Crippen molar-refractivity contribution in [2.45, 2.75) is 95.4 Å². The third-order valence-electron chi connectivity index (χ3n) is 11.8. The first-order valence-electron chi connectivity index (χ1n) is 20.3. The number of nitrogens with zero attached hydrogens (tertiary/aromatic N) is 6. The smallest absolute Gasteiger partial charge is 0.269 e. The van der Waals surface area contributed by atoms with E-state index in [2.05, 4.69) is 15.6 Å². The lowest BCUT2D eigenvalue weighted by Gasteiger charge is -2.35. The van der Waals surface area contributed by atoms with Gasteiger partial charge in [0.2, 0.25) is 14.3 Å². The van der Waals surface area contributed by atoms with Crippen molar-refractivity contribution < 1.29 is 38.3 Å². The number of carbonyl (C=O) groups is 2. The second kappa shape index (κ2) is 17.3. The van der Waals surface area contributed by atoms with Crippen LogP contribution in [0, 0.1) is 16.0 Å². The van der Waals surface area contributed by atoms with Gasteiger partial charge < -0.3 is 34.0 Å². The summed E-state index contributed by atoms with van der Waals surface area (Å²) in [5, 5.41) is 42.4. The van der Waals surface area contributed by atoms with Crippen molar-refractivity contribution in [2.24, 2.45) is 5.92 Å². The number of nitro benzene ring substituents is 1. The van der Waals surface area contributed by atoms with Crippen LogP contribution >= 0.6 is 0 Å². The number of rotatable bonds is 17. The number of aryl methyl sites for hydroxylation is 1. The van der Waals surface area contributed by atoms with Crippen LogP contribution in [0.1, 0.15) is 55.5 Å². The van der Waals surface area contributed by atoms with E-state index in [0.29, 0.717) is 85.7 Å². The molecule has 2 amide bonds. The van der Waals surface area contributed by atoms with Gasteiger partial charge in [0.25, 0.3) is 11.6 Å². The number of carbonyl (C=O) groups excluding carboxylic acids is 2. The third-order valence-corrected chi connectivity index (χ3v) is 14.2. The number of fused-ring (bicyclic) bond motifs is 3. The van der Waals surface area contributed by atoms with E-state index in [1.54, 1.807) is 39.8 Å². The van der Waals surface area contributed by atoms with E-state index in [4.69, 9.17) is 9.47 Å². The van der Waals surface area contributed by atoms with E-state index in [-0.39, 0.29) is 31.4 Å². The van der Waals surface area contributed by atoms with Crippen molar-refractivity contribution in [1.29, 1.82) is 0 Å². The summed E-state index contributed by atoms with van der Waals surface area (Å²) in [5.41, 5.74) is 1.78. The number of hydrogen-bond donors (Lipinski definition) is 3. The van der Waals surface area contributed by atoms with E-state index in [0.717, 1.165) is 11.3 Å². The first-order chi connectivity index (χ1) is 28.3. The quantitative estimate of drug-likeness (QED) is 0.0402. The molecule has 3 aliphatic rings. The molecule has 0 saturated carbocycles. The van der Waals surface area contributed by atoms with Crippen molar-refractivity contribution in [3.8, 4) is 5.75 Å². The summed E-state index contributed by atoms with van der Waals surface area (Å²) in [6, 6.07) is 16.8. The van der Waals surface area contributed by atoms with Crippen LogP contribution in [0.15, 0.2) is 66.9 Å². The summed E-state index contributed by atoms with van der Waals surface area (Å²) < 4.78 is 30.7. The Labute approximate surface area is 343 Å². The van der Waals surface area contributed by atoms with Crippen molar-refractivity contribution in [1.82, 2.24) is 20.3 Å². The number of unbranched alkanes of at least 4 members (excludes halogenated alkanes) is 1. The molecule has 1 aromatic heterocycles. The molecule has 5 atom stereocenters. The number of benzene rings is 3. The molecular formula is C42H52FN7O8Si. The molecule has 3 N–H and O–H groups in total. The molecule has 17 heteroatoms. The summed E-state index contributed by atoms with van der Waals surface area (Å²) in [6.07, 6.45) is 3.45. The Bertz CT molecular complexity index is 2200. The highest BCUT2D eigenvalue weighted by Gasteiger charge is 2.67. The first-order valence-corrected chi connectivity index (χ1v) is 23.3. The largest absolute Gasteiger partial charge is 0.494 e. The number of amides is 2. The summed E-state index contributed by atoms with van der Waals surface area (Å²) in [6.45, 7) is 8.34. The van der Waals surface area contributed by atoms with Crippen LogP contribution in [0.5, 0.6) is 5.75 Å². The van der Waals surface area contributed by atoms with E-state index < -0.39 is 48.4 Å². The number of hydrogen-bond acceptors (Lipinski definition) is 11. The lowest BCUT2D eigenvalue weighted by atomic mass is 9.82. The van der Waals surface area contributed by atoms with Gasteiger partial charge in [-0.3, -0.25) is 29.3 Å². The van der Waals surface area contributed by atoms with E-state index >= 15 is 8.90 Å². The number of nitro groups is 1. The van der Waals surface area contributed by atoms with Crippen LogP contribution in [0.2, 0.25) is 18.6 Å². The summed E-state index contributed by atoms with van der Waals surface area (Å²) in [4.78, 5) is 44.2. The second-order valence-corrected chi connectivity index (χ2v) is 19.9. The van der Waals surface area contributed by atoms with Crippen molar-refractivity contribution in [3.63, 3.8) is 0 Å². The molecule has 0 aliphatic carbocycles. The number of anilines is 3. The predicted molar refractivity (Wildman–Crippen MR) is 221 cm³/mol. The van der Waals surface area contributed by atoms with Gasteiger partial charge in [0.15, 0.2) is 5.60 Å². The minimum absolute atomic E-state index is 0.0503. The lowest BCUT2D eigenvalue weighted by molar-refractivity contribution is -0.385. The van der Waals surface area contributed by atoms with Crippen LogP contribution in [0.3, 0.4) is 0 Å². The number of halogens is 1. The standard InChI is InChI=1S/C42H52FN7O8Si/c1-5-57-33-12-14-36-29(22-33)23-35(44-17-6-7-19-51)40(53)49(36)31-10-8-9-28(21-31)25-48-37-13-11-32(50(55)56)24-34(37)42(41(48)54)27(2)39(59(3,4)43)38(58-42)15-18-47-26-30(16-20-52)45-46-47/h8-14,21-22,24,26-27,35,38-39,44,51-52H,5-7,15-20,23,25H2,1-4H3/t27-,35?,38+,39-,42+/m0/s1. The molecule has 59 heavy (non-hydrogen) atoms. The Balaban J connectivity index is 1.22. The summed E-state index contributed by atoms with van der Waals surface area (Å²) in [5.74, 6) is -0.547. The topological polar surface area (TPSA) is 185 Å². The SMILES string of the molecule is CCOc1ccc2c(c1)CC(NCCCCO)C(=O)N2c1cccc(CN2C(=O)[C@]3(O[C@H](CCn4cc(CCO)nn4)[C@@H]([Si](C)(C)F)[C@@H]3C)c3cc([N+](=O)[O-])ccc32)c1. The van der Waals surface area contributed by atoms with Crippen molar-refractivity contribution in [2.75, 3.05) is 36.2 Å². The zero-order chi connectivity index (χ0) is 42.1. The molecule has 4 heterocycles. The number of ether oxygens (including phenoxy) is 2. The Kier molecular flexibility index (Phi) is 12.3. The van der Waals surface area contributed by atoms with Gasteiger partial charge in [-0.2, -0.15) is 0 Å². The average Bonchev–Trinajstić information content (AvgIpc) is 3.85. The molecule has 314 valence electrons. The average molecular weight is 830 g/mol. The molecule has 0 bridgehead atoms.